The van der Waals surface area contributed by atoms with Gasteiger partial charge in [-0.15, -0.1) is 10.2 Å². The summed E-state index contributed by atoms with van der Waals surface area (Å²) in [5.41, 5.74) is 3.02. The van der Waals surface area contributed by atoms with E-state index in [9.17, 15) is 0 Å². The molecule has 0 saturated heterocycles. The summed E-state index contributed by atoms with van der Waals surface area (Å²) in [5.74, 6) is 1.15. The molecule has 114 valence electrons. The molecule has 22 heavy (non-hydrogen) atoms. The molecule has 3 aromatic rings. The van der Waals surface area contributed by atoms with Crippen LogP contribution in [0, 0.1) is 6.92 Å². The van der Waals surface area contributed by atoms with E-state index in [0.29, 0.717) is 34.9 Å². The van der Waals surface area contributed by atoms with Crippen molar-refractivity contribution in [2.45, 2.75) is 20.0 Å². The fraction of sp³-hybridized carbons (Fsp3) is 0.231. The minimum absolute atomic E-state index is 0.555. The molecule has 4 rings (SSSR count). The second kappa shape index (κ2) is 5.34. The molecule has 0 fully saturated rings. The van der Waals surface area contributed by atoms with Gasteiger partial charge in [-0.05, 0) is 11.6 Å². The minimum Gasteiger partial charge on any atom is -0.424 e. The summed E-state index contributed by atoms with van der Waals surface area (Å²) in [6.45, 7) is 3.04. The van der Waals surface area contributed by atoms with Crippen LogP contribution < -0.4 is 4.72 Å². The van der Waals surface area contributed by atoms with E-state index >= 15 is 0 Å². The number of aromatic nitrogens is 3. The summed E-state index contributed by atoms with van der Waals surface area (Å²) in [6.07, 6.45) is 1.75. The van der Waals surface area contributed by atoms with Gasteiger partial charge in [0.15, 0.2) is 0 Å². The predicted molar refractivity (Wildman–Crippen MR) is 87.8 cm³/mol. The standard InChI is InChI=1S/C13H11Cl2N5OS/c1-6-17-18-10(21-6)5-20-4-7-2-8(14)11-9(15)3-16-13(11)12(7)19-22-20/h2-3,16,19H,4-5H2,1H3. The first-order chi connectivity index (χ1) is 10.6. The fourth-order valence-corrected chi connectivity index (χ4v) is 3.96. The van der Waals surface area contributed by atoms with Gasteiger partial charge >= 0.3 is 0 Å². The number of hydrogen-bond acceptors (Lipinski definition) is 6. The number of benzene rings is 1. The van der Waals surface area contributed by atoms with Gasteiger partial charge < -0.3 is 14.1 Å². The number of aromatic amines is 1. The highest BCUT2D eigenvalue weighted by molar-refractivity contribution is 7.98. The number of anilines is 1. The van der Waals surface area contributed by atoms with Crippen LogP contribution in [0.1, 0.15) is 17.3 Å². The van der Waals surface area contributed by atoms with Crippen molar-refractivity contribution in [3.8, 4) is 0 Å². The number of hydrogen-bond donors (Lipinski definition) is 2. The zero-order chi connectivity index (χ0) is 15.3. The quantitative estimate of drug-likeness (QED) is 0.672. The molecular weight excluding hydrogens is 345 g/mol. The molecule has 1 aliphatic rings. The fourth-order valence-electron chi connectivity index (χ4n) is 2.50. The lowest BCUT2D eigenvalue weighted by molar-refractivity contribution is 0.373. The maximum absolute atomic E-state index is 6.35. The lowest BCUT2D eigenvalue weighted by atomic mass is 10.1. The molecule has 1 aromatic carbocycles. The molecule has 2 N–H and O–H groups in total. The van der Waals surface area contributed by atoms with Crippen molar-refractivity contribution < 1.29 is 4.42 Å². The van der Waals surface area contributed by atoms with Crippen LogP contribution in [0.4, 0.5) is 5.69 Å². The molecule has 2 aromatic heterocycles. The van der Waals surface area contributed by atoms with Crippen LogP contribution in [-0.2, 0) is 13.1 Å². The van der Waals surface area contributed by atoms with E-state index in [1.54, 1.807) is 13.1 Å². The van der Waals surface area contributed by atoms with Crippen molar-refractivity contribution in [3.05, 3.63) is 39.7 Å². The summed E-state index contributed by atoms with van der Waals surface area (Å²) in [7, 11) is 0. The van der Waals surface area contributed by atoms with Crippen molar-refractivity contribution in [3.63, 3.8) is 0 Å². The topological polar surface area (TPSA) is 70.0 Å². The van der Waals surface area contributed by atoms with Crippen LogP contribution in [0.5, 0.6) is 0 Å². The van der Waals surface area contributed by atoms with Gasteiger partial charge in [-0.25, -0.2) is 4.31 Å². The SMILES string of the molecule is Cc1nnc(CN2Cc3cc(Cl)c4c(Cl)c[nH]c4c3NS2)o1. The predicted octanol–water partition coefficient (Wildman–Crippen LogP) is 4.16. The number of H-pyrrole nitrogens is 1. The molecule has 6 nitrogen and oxygen atoms in total. The Hall–Kier alpha value is -1.41. The molecule has 0 radical (unpaired) electrons. The highest BCUT2D eigenvalue weighted by Crippen LogP contribution is 2.41. The highest BCUT2D eigenvalue weighted by atomic mass is 35.5. The van der Waals surface area contributed by atoms with Crippen molar-refractivity contribution in [2.24, 2.45) is 0 Å². The monoisotopic (exact) mass is 355 g/mol. The maximum atomic E-state index is 6.35. The first-order valence-corrected chi connectivity index (χ1v) is 8.09. The molecule has 3 heterocycles. The molecule has 0 bridgehead atoms. The van der Waals surface area contributed by atoms with E-state index in [1.165, 1.54) is 12.1 Å². The number of halogens is 2. The summed E-state index contributed by atoms with van der Waals surface area (Å²) in [5, 5.41) is 9.97. The zero-order valence-corrected chi connectivity index (χ0v) is 13.8. The third-order valence-corrected chi connectivity index (χ3v) is 4.85. The first-order valence-electron chi connectivity index (χ1n) is 6.56. The van der Waals surface area contributed by atoms with E-state index in [4.69, 9.17) is 27.6 Å². The van der Waals surface area contributed by atoms with E-state index in [0.717, 1.165) is 22.2 Å². The Bertz CT molecular complexity index is 862. The normalized spacial score (nSPS) is 15.0. The summed E-state index contributed by atoms with van der Waals surface area (Å²) >= 11 is 14.0. The Morgan fingerprint density at radius 2 is 2.23 bits per heavy atom. The van der Waals surface area contributed by atoms with Gasteiger partial charge in [0.2, 0.25) is 11.8 Å². The van der Waals surface area contributed by atoms with Gasteiger partial charge in [-0.2, -0.15) is 0 Å². The van der Waals surface area contributed by atoms with Crippen LogP contribution in [0.2, 0.25) is 10.0 Å². The van der Waals surface area contributed by atoms with Gasteiger partial charge in [0.05, 0.1) is 27.8 Å². The molecule has 0 spiro atoms. The highest BCUT2D eigenvalue weighted by Gasteiger charge is 2.23. The Kier molecular flexibility index (Phi) is 3.45. The smallest absolute Gasteiger partial charge is 0.231 e. The maximum Gasteiger partial charge on any atom is 0.231 e. The van der Waals surface area contributed by atoms with Crippen LogP contribution in [0.3, 0.4) is 0 Å². The molecule has 9 heteroatoms. The van der Waals surface area contributed by atoms with E-state index in [1.807, 2.05) is 6.07 Å². The lowest BCUT2D eigenvalue weighted by Crippen LogP contribution is -2.22. The van der Waals surface area contributed by atoms with E-state index in [-0.39, 0.29) is 0 Å². The number of nitrogens with one attached hydrogen (secondary N) is 2. The number of rotatable bonds is 2. The third kappa shape index (κ3) is 2.34. The second-order valence-corrected chi connectivity index (χ2v) is 6.70. The number of aryl methyl sites for hydroxylation is 1. The molecule has 0 saturated carbocycles. The Labute approximate surface area is 140 Å². The van der Waals surface area contributed by atoms with Crippen LogP contribution in [0.15, 0.2) is 16.7 Å². The van der Waals surface area contributed by atoms with Gasteiger partial charge in [0.25, 0.3) is 0 Å². The molecule has 0 amide bonds. The van der Waals surface area contributed by atoms with Gasteiger partial charge in [0, 0.05) is 37.2 Å². The summed E-state index contributed by atoms with van der Waals surface area (Å²) < 4.78 is 10.8. The summed E-state index contributed by atoms with van der Waals surface area (Å²) in [4.78, 5) is 3.17. The average Bonchev–Trinajstić information content (AvgIpc) is 3.06. The van der Waals surface area contributed by atoms with Crippen LogP contribution >= 0.6 is 35.3 Å². The second-order valence-electron chi connectivity index (χ2n) is 4.99. The number of nitrogens with zero attached hydrogens (tertiary/aromatic N) is 3. The van der Waals surface area contributed by atoms with Crippen LogP contribution in [0.25, 0.3) is 10.9 Å². The van der Waals surface area contributed by atoms with Gasteiger partial charge in [-0.3, -0.25) is 0 Å². The average molecular weight is 356 g/mol. The van der Waals surface area contributed by atoms with Crippen molar-refractivity contribution in [2.75, 3.05) is 4.72 Å². The minimum atomic E-state index is 0.555. The Balaban J connectivity index is 1.66. The lowest BCUT2D eigenvalue weighted by Gasteiger charge is -2.27. The van der Waals surface area contributed by atoms with Crippen molar-refractivity contribution >= 4 is 51.9 Å². The van der Waals surface area contributed by atoms with Crippen LogP contribution in [-0.4, -0.2) is 19.5 Å². The Morgan fingerprint density at radius 3 is 3.00 bits per heavy atom. The largest absolute Gasteiger partial charge is 0.424 e. The third-order valence-electron chi connectivity index (χ3n) is 3.45. The van der Waals surface area contributed by atoms with E-state index < -0.39 is 0 Å². The van der Waals surface area contributed by atoms with E-state index in [2.05, 4.69) is 24.2 Å². The number of fused-ring (bicyclic) bond motifs is 3. The molecular formula is C13H11Cl2N5OS. The van der Waals surface area contributed by atoms with Gasteiger partial charge in [0.1, 0.15) is 0 Å². The first kappa shape index (κ1) is 14.2. The van der Waals surface area contributed by atoms with Crippen molar-refractivity contribution in [1.82, 2.24) is 19.5 Å². The molecule has 1 aliphatic heterocycles. The molecule has 0 unspecified atom stereocenters. The Morgan fingerprint density at radius 1 is 1.36 bits per heavy atom. The molecule has 0 atom stereocenters. The summed E-state index contributed by atoms with van der Waals surface area (Å²) in [6, 6.07) is 1.94. The molecule has 0 aliphatic carbocycles. The van der Waals surface area contributed by atoms with Gasteiger partial charge in [-0.1, -0.05) is 23.2 Å². The van der Waals surface area contributed by atoms with Crippen molar-refractivity contribution in [1.29, 1.82) is 0 Å². The zero-order valence-electron chi connectivity index (χ0n) is 11.5.